The number of likely N-dealkylation sites (tertiary alicyclic amines) is 1. The first kappa shape index (κ1) is 18.4. The van der Waals surface area contributed by atoms with Crippen molar-refractivity contribution in [1.82, 2.24) is 9.62 Å². The fourth-order valence-corrected chi connectivity index (χ4v) is 3.49. The Morgan fingerprint density at radius 2 is 2.17 bits per heavy atom. The Bertz CT molecular complexity index is 755. The highest BCUT2D eigenvalue weighted by Crippen LogP contribution is 2.27. The zero-order valence-corrected chi connectivity index (χ0v) is 14.4. The van der Waals surface area contributed by atoms with Crippen LogP contribution in [0.15, 0.2) is 18.2 Å². The van der Waals surface area contributed by atoms with Gasteiger partial charge in [0.2, 0.25) is 10.0 Å². The van der Waals surface area contributed by atoms with Crippen LogP contribution >= 0.6 is 11.6 Å². The van der Waals surface area contributed by atoms with Gasteiger partial charge in [0.05, 0.1) is 21.9 Å². The Balaban J connectivity index is 2.03. The average molecular weight is 377 g/mol. The molecule has 0 spiro atoms. The van der Waals surface area contributed by atoms with Gasteiger partial charge in [-0.2, -0.15) is 0 Å². The molecular formula is C13H17ClN4O5S. The molecule has 0 aliphatic carbocycles. The Labute approximate surface area is 144 Å². The van der Waals surface area contributed by atoms with E-state index >= 15 is 0 Å². The molecular weight excluding hydrogens is 360 g/mol. The molecule has 0 aromatic heterocycles. The molecule has 0 unspecified atom stereocenters. The zero-order valence-electron chi connectivity index (χ0n) is 12.9. The lowest BCUT2D eigenvalue weighted by Gasteiger charge is -2.32. The summed E-state index contributed by atoms with van der Waals surface area (Å²) < 4.78 is 25.1. The van der Waals surface area contributed by atoms with Crippen molar-refractivity contribution < 1.29 is 18.1 Å². The fraction of sp³-hybridized carbons (Fsp3) is 0.462. The number of rotatable bonds is 4. The van der Waals surface area contributed by atoms with Crippen molar-refractivity contribution in [3.63, 3.8) is 0 Å². The van der Waals surface area contributed by atoms with Gasteiger partial charge in [-0.3, -0.25) is 10.1 Å². The van der Waals surface area contributed by atoms with Crippen molar-refractivity contribution in [2.45, 2.75) is 18.9 Å². The number of hydrogen-bond donors (Lipinski definition) is 2. The van der Waals surface area contributed by atoms with Crippen LogP contribution in [-0.2, 0) is 10.0 Å². The maximum Gasteiger partial charge on any atom is 0.321 e. The van der Waals surface area contributed by atoms with Crippen LogP contribution in [0.25, 0.3) is 0 Å². The number of non-ortho nitro benzene ring substituents is 1. The van der Waals surface area contributed by atoms with Crippen molar-refractivity contribution in [2.24, 2.45) is 0 Å². The molecule has 1 fully saturated rings. The zero-order chi connectivity index (χ0) is 17.9. The summed E-state index contributed by atoms with van der Waals surface area (Å²) in [5.41, 5.74) is 0.0823. The van der Waals surface area contributed by atoms with Gasteiger partial charge in [0, 0.05) is 31.3 Å². The molecule has 0 radical (unpaired) electrons. The van der Waals surface area contributed by atoms with Gasteiger partial charge in [0.25, 0.3) is 5.69 Å². The molecule has 1 aromatic rings. The van der Waals surface area contributed by atoms with E-state index in [4.69, 9.17) is 11.6 Å². The summed E-state index contributed by atoms with van der Waals surface area (Å²) in [6.45, 7) is 0.724. The number of sulfonamides is 1. The predicted molar refractivity (Wildman–Crippen MR) is 89.7 cm³/mol. The minimum atomic E-state index is -3.34. The number of amides is 2. The predicted octanol–water partition coefficient (Wildman–Crippen LogP) is 1.79. The first-order valence-corrected chi connectivity index (χ1v) is 9.40. The van der Waals surface area contributed by atoms with E-state index in [0.29, 0.717) is 19.4 Å². The highest BCUT2D eigenvalue weighted by atomic mass is 35.5. The van der Waals surface area contributed by atoms with Gasteiger partial charge < -0.3 is 10.2 Å². The van der Waals surface area contributed by atoms with Gasteiger partial charge in [0.15, 0.2) is 0 Å². The fourth-order valence-electron chi connectivity index (χ4n) is 2.47. The van der Waals surface area contributed by atoms with Gasteiger partial charge >= 0.3 is 6.03 Å². The smallest absolute Gasteiger partial charge is 0.321 e. The SMILES string of the molecule is CS(=O)(=O)N[C@@H]1CCCN(C(=O)Nc2ccc([N+](=O)[O-])cc2Cl)C1. The number of piperidine rings is 1. The number of benzene rings is 1. The summed E-state index contributed by atoms with van der Waals surface area (Å²) in [4.78, 5) is 23.9. The number of anilines is 1. The van der Waals surface area contributed by atoms with Crippen LogP contribution in [0.5, 0.6) is 0 Å². The Morgan fingerprint density at radius 3 is 2.75 bits per heavy atom. The number of nitrogens with zero attached hydrogens (tertiary/aromatic N) is 2. The van der Waals surface area contributed by atoms with Crippen LogP contribution in [0.2, 0.25) is 5.02 Å². The van der Waals surface area contributed by atoms with E-state index in [1.165, 1.54) is 17.0 Å². The lowest BCUT2D eigenvalue weighted by atomic mass is 10.1. The number of halogens is 1. The molecule has 9 nitrogen and oxygen atoms in total. The molecule has 24 heavy (non-hydrogen) atoms. The molecule has 2 rings (SSSR count). The highest BCUT2D eigenvalue weighted by molar-refractivity contribution is 7.88. The van der Waals surface area contributed by atoms with E-state index in [2.05, 4.69) is 10.0 Å². The van der Waals surface area contributed by atoms with Gasteiger partial charge in [-0.1, -0.05) is 11.6 Å². The first-order chi connectivity index (χ1) is 11.2. The molecule has 132 valence electrons. The summed E-state index contributed by atoms with van der Waals surface area (Å²) in [6.07, 6.45) is 2.38. The number of hydrogen-bond acceptors (Lipinski definition) is 5. The summed E-state index contributed by atoms with van der Waals surface area (Å²) in [5, 5.41) is 13.3. The molecule has 2 amide bonds. The van der Waals surface area contributed by atoms with Crippen molar-refractivity contribution in [2.75, 3.05) is 24.7 Å². The van der Waals surface area contributed by atoms with Crippen LogP contribution in [0, 0.1) is 10.1 Å². The van der Waals surface area contributed by atoms with E-state index in [9.17, 15) is 23.3 Å². The third-order valence-electron chi connectivity index (χ3n) is 3.49. The summed E-state index contributed by atoms with van der Waals surface area (Å²) in [5.74, 6) is 0. The average Bonchev–Trinajstić information content (AvgIpc) is 2.47. The number of carbonyl (C=O) groups excluding carboxylic acids is 1. The monoisotopic (exact) mass is 376 g/mol. The van der Waals surface area contributed by atoms with E-state index in [1.807, 2.05) is 0 Å². The molecule has 1 atom stereocenters. The van der Waals surface area contributed by atoms with Gasteiger partial charge in [0.1, 0.15) is 0 Å². The quantitative estimate of drug-likeness (QED) is 0.612. The lowest BCUT2D eigenvalue weighted by molar-refractivity contribution is -0.384. The van der Waals surface area contributed by atoms with Crippen molar-refractivity contribution in [3.8, 4) is 0 Å². The molecule has 0 bridgehead atoms. The number of carbonyl (C=O) groups is 1. The summed E-state index contributed by atoms with van der Waals surface area (Å²) >= 11 is 5.94. The largest absolute Gasteiger partial charge is 0.323 e. The third kappa shape index (κ3) is 5.05. The van der Waals surface area contributed by atoms with E-state index in [1.54, 1.807) is 0 Å². The van der Waals surface area contributed by atoms with E-state index in [-0.39, 0.29) is 29.0 Å². The normalized spacial score (nSPS) is 18.2. The standard InChI is InChI=1S/C13H17ClN4O5S/c1-24(22,23)16-9-3-2-6-17(8-9)13(19)15-12-5-4-10(18(20)21)7-11(12)14/h4-5,7,9,16H,2-3,6,8H2,1H3,(H,15,19)/t9-/m1/s1. The number of nitro benzene ring substituents is 1. The molecule has 1 aliphatic rings. The number of nitro groups is 1. The van der Waals surface area contributed by atoms with Crippen molar-refractivity contribution in [3.05, 3.63) is 33.3 Å². The van der Waals surface area contributed by atoms with Crippen LogP contribution in [0.4, 0.5) is 16.2 Å². The minimum Gasteiger partial charge on any atom is -0.323 e. The van der Waals surface area contributed by atoms with Crippen LogP contribution in [-0.4, -0.2) is 49.7 Å². The Hall–Kier alpha value is -1.91. The van der Waals surface area contributed by atoms with Crippen LogP contribution in [0.3, 0.4) is 0 Å². The highest BCUT2D eigenvalue weighted by Gasteiger charge is 2.26. The third-order valence-corrected chi connectivity index (χ3v) is 4.57. The van der Waals surface area contributed by atoms with Crippen LogP contribution < -0.4 is 10.0 Å². The first-order valence-electron chi connectivity index (χ1n) is 7.13. The number of urea groups is 1. The lowest BCUT2D eigenvalue weighted by Crippen LogP contribution is -2.50. The van der Waals surface area contributed by atoms with E-state index in [0.717, 1.165) is 12.3 Å². The molecule has 2 N–H and O–H groups in total. The number of nitrogens with one attached hydrogen (secondary N) is 2. The maximum absolute atomic E-state index is 12.3. The van der Waals surface area contributed by atoms with Gasteiger partial charge in [-0.25, -0.2) is 17.9 Å². The molecule has 11 heteroatoms. The van der Waals surface area contributed by atoms with Crippen molar-refractivity contribution >= 4 is 39.0 Å². The molecule has 1 aliphatic heterocycles. The van der Waals surface area contributed by atoms with E-state index < -0.39 is 21.0 Å². The van der Waals surface area contributed by atoms with Crippen molar-refractivity contribution in [1.29, 1.82) is 0 Å². The second-order valence-corrected chi connectivity index (χ2v) is 7.71. The summed E-state index contributed by atoms with van der Waals surface area (Å²) in [7, 11) is -3.34. The van der Waals surface area contributed by atoms with Gasteiger partial charge in [-0.05, 0) is 18.9 Å². The maximum atomic E-state index is 12.3. The molecule has 1 aromatic carbocycles. The van der Waals surface area contributed by atoms with Gasteiger partial charge in [-0.15, -0.1) is 0 Å². The summed E-state index contributed by atoms with van der Waals surface area (Å²) in [6, 6.07) is 2.97. The molecule has 1 heterocycles. The second kappa shape index (κ2) is 7.32. The minimum absolute atomic E-state index is 0.0559. The molecule has 0 saturated carbocycles. The Morgan fingerprint density at radius 1 is 1.46 bits per heavy atom. The Kier molecular flexibility index (Phi) is 5.62. The van der Waals surface area contributed by atoms with Crippen LogP contribution in [0.1, 0.15) is 12.8 Å². The second-order valence-electron chi connectivity index (χ2n) is 5.53. The molecule has 1 saturated heterocycles. The topological polar surface area (TPSA) is 122 Å².